The van der Waals surface area contributed by atoms with Gasteiger partial charge in [0.25, 0.3) is 0 Å². The maximum Gasteiger partial charge on any atom is 0.220 e. The lowest BCUT2D eigenvalue weighted by molar-refractivity contribution is -0.121. The second-order valence-corrected chi connectivity index (χ2v) is 8.24. The number of halogens is 1. The van der Waals surface area contributed by atoms with Crippen LogP contribution in [0.3, 0.4) is 0 Å². The highest BCUT2D eigenvalue weighted by atomic mass is 35.5. The van der Waals surface area contributed by atoms with Crippen molar-refractivity contribution < 1.29 is 13.9 Å². The Morgan fingerprint density at radius 2 is 1.70 bits per heavy atom. The molecule has 4 nitrogen and oxygen atoms in total. The van der Waals surface area contributed by atoms with E-state index in [-0.39, 0.29) is 11.3 Å². The quantitative estimate of drug-likeness (QED) is 0.553. The van der Waals surface area contributed by atoms with Crippen molar-refractivity contribution in [3.63, 3.8) is 0 Å². The number of furan rings is 1. The average Bonchev–Trinajstić information content (AvgIpc) is 3.27. The maximum atomic E-state index is 12.6. The van der Waals surface area contributed by atoms with Crippen molar-refractivity contribution >= 4 is 17.5 Å². The van der Waals surface area contributed by atoms with Crippen molar-refractivity contribution in [2.24, 2.45) is 0 Å². The summed E-state index contributed by atoms with van der Waals surface area (Å²) >= 11 is 6.06. The molecule has 1 aromatic heterocycles. The third-order valence-corrected chi connectivity index (χ3v) is 6.10. The molecule has 2 heterocycles. The first kappa shape index (κ1) is 20.7. The minimum Gasteiger partial charge on any atom is -0.461 e. The van der Waals surface area contributed by atoms with Gasteiger partial charge in [-0.3, -0.25) is 4.79 Å². The number of hydrogen-bond acceptors (Lipinski definition) is 3. The topological polar surface area (TPSA) is 51.5 Å². The molecule has 1 aliphatic heterocycles. The highest BCUT2D eigenvalue weighted by Gasteiger charge is 2.34. The molecule has 1 amide bonds. The number of carbonyl (C=O) groups is 1. The summed E-state index contributed by atoms with van der Waals surface area (Å²) in [6.07, 6.45) is 2.74. The van der Waals surface area contributed by atoms with E-state index in [0.29, 0.717) is 32.6 Å². The second kappa shape index (κ2) is 9.50. The molecule has 30 heavy (non-hydrogen) atoms. The first-order chi connectivity index (χ1) is 14.6. The van der Waals surface area contributed by atoms with Crippen molar-refractivity contribution in [1.82, 2.24) is 5.32 Å². The minimum atomic E-state index is -0.107. The minimum absolute atomic E-state index is 0.0347. The van der Waals surface area contributed by atoms with Crippen LogP contribution in [0.5, 0.6) is 0 Å². The number of nitrogens with one attached hydrogen (secondary N) is 1. The van der Waals surface area contributed by atoms with Crippen LogP contribution in [0.4, 0.5) is 0 Å². The van der Waals surface area contributed by atoms with E-state index in [2.05, 4.69) is 17.4 Å². The van der Waals surface area contributed by atoms with E-state index >= 15 is 0 Å². The molecule has 0 unspecified atom stereocenters. The number of carbonyl (C=O) groups excluding carboxylic acids is 1. The molecule has 2 aromatic carbocycles. The Morgan fingerprint density at radius 3 is 2.43 bits per heavy atom. The first-order valence-electron chi connectivity index (χ1n) is 10.4. The Labute approximate surface area is 182 Å². The van der Waals surface area contributed by atoms with Gasteiger partial charge in [-0.05, 0) is 42.7 Å². The summed E-state index contributed by atoms with van der Waals surface area (Å²) in [4.78, 5) is 12.6. The van der Waals surface area contributed by atoms with Crippen LogP contribution in [0.15, 0.2) is 71.1 Å². The van der Waals surface area contributed by atoms with Crippen molar-refractivity contribution in [2.45, 2.75) is 31.1 Å². The number of amides is 1. The largest absolute Gasteiger partial charge is 0.461 e. The van der Waals surface area contributed by atoms with Gasteiger partial charge in [0.05, 0.1) is 0 Å². The number of rotatable bonds is 7. The number of hydrogen-bond donors (Lipinski definition) is 1. The fourth-order valence-electron chi connectivity index (χ4n) is 4.00. The van der Waals surface area contributed by atoms with Crippen LogP contribution in [0.25, 0.3) is 11.3 Å². The van der Waals surface area contributed by atoms with Gasteiger partial charge in [0, 0.05) is 48.6 Å². The molecule has 0 saturated carbocycles. The van der Waals surface area contributed by atoms with Crippen molar-refractivity contribution in [3.05, 3.63) is 83.1 Å². The summed E-state index contributed by atoms with van der Waals surface area (Å²) in [6.45, 7) is 2.00. The number of benzene rings is 2. The zero-order valence-electron chi connectivity index (χ0n) is 16.9. The van der Waals surface area contributed by atoms with Crippen LogP contribution in [-0.4, -0.2) is 25.7 Å². The van der Waals surface area contributed by atoms with Gasteiger partial charge in [0.15, 0.2) is 0 Å². The molecule has 5 heteroatoms. The van der Waals surface area contributed by atoms with Crippen LogP contribution < -0.4 is 5.32 Å². The normalized spacial score (nSPS) is 15.6. The Hall–Kier alpha value is -2.56. The van der Waals surface area contributed by atoms with Crippen LogP contribution >= 0.6 is 11.6 Å². The lowest BCUT2D eigenvalue weighted by Crippen LogP contribution is -2.44. The van der Waals surface area contributed by atoms with Crippen LogP contribution in [-0.2, 0) is 21.4 Å². The third-order valence-electron chi connectivity index (χ3n) is 5.85. The monoisotopic (exact) mass is 423 g/mol. The molecule has 1 N–H and O–H groups in total. The van der Waals surface area contributed by atoms with Gasteiger partial charge < -0.3 is 14.5 Å². The summed E-state index contributed by atoms with van der Waals surface area (Å²) < 4.78 is 11.5. The molecule has 0 bridgehead atoms. The fourth-order valence-corrected chi connectivity index (χ4v) is 4.12. The maximum absolute atomic E-state index is 12.6. The Balaban J connectivity index is 1.34. The van der Waals surface area contributed by atoms with Crippen LogP contribution in [0.2, 0.25) is 5.02 Å². The lowest BCUT2D eigenvalue weighted by atomic mass is 9.74. The highest BCUT2D eigenvalue weighted by Crippen LogP contribution is 2.35. The lowest BCUT2D eigenvalue weighted by Gasteiger charge is -2.38. The predicted octanol–water partition coefficient (Wildman–Crippen LogP) is 5.40. The van der Waals surface area contributed by atoms with Crippen LogP contribution in [0, 0.1) is 0 Å². The van der Waals surface area contributed by atoms with Crippen molar-refractivity contribution in [3.8, 4) is 11.3 Å². The molecule has 0 aliphatic carbocycles. The van der Waals surface area contributed by atoms with Gasteiger partial charge in [-0.15, -0.1) is 0 Å². The standard InChI is InChI=1S/C25H26ClNO3/c26-21-8-6-20(7-9-21)25(14-16-29-17-15-25)18-27-24(28)13-11-22-10-12-23(30-22)19-4-2-1-3-5-19/h1-10,12H,11,13-18H2,(H,27,28). The fraction of sp³-hybridized carbons (Fsp3) is 0.320. The van der Waals surface area contributed by atoms with Gasteiger partial charge in [0.1, 0.15) is 11.5 Å². The van der Waals surface area contributed by atoms with E-state index in [1.807, 2.05) is 54.6 Å². The van der Waals surface area contributed by atoms with Crippen molar-refractivity contribution in [1.29, 1.82) is 0 Å². The molecular weight excluding hydrogens is 398 g/mol. The van der Waals surface area contributed by atoms with Crippen molar-refractivity contribution in [2.75, 3.05) is 19.8 Å². The molecule has 156 valence electrons. The van der Waals surface area contributed by atoms with Gasteiger partial charge >= 0.3 is 0 Å². The van der Waals surface area contributed by atoms with Crippen LogP contribution in [0.1, 0.15) is 30.6 Å². The van der Waals surface area contributed by atoms with Gasteiger partial charge in [-0.25, -0.2) is 0 Å². The summed E-state index contributed by atoms with van der Waals surface area (Å²) in [7, 11) is 0. The summed E-state index contributed by atoms with van der Waals surface area (Å²) in [6, 6.07) is 21.8. The predicted molar refractivity (Wildman–Crippen MR) is 119 cm³/mol. The molecule has 3 aromatic rings. The molecule has 1 aliphatic rings. The molecule has 0 atom stereocenters. The summed E-state index contributed by atoms with van der Waals surface area (Å²) in [5.74, 6) is 1.69. The Bertz CT molecular complexity index is 960. The zero-order valence-corrected chi connectivity index (χ0v) is 17.7. The highest BCUT2D eigenvalue weighted by molar-refractivity contribution is 6.30. The number of ether oxygens (including phenoxy) is 1. The second-order valence-electron chi connectivity index (χ2n) is 7.81. The summed E-state index contributed by atoms with van der Waals surface area (Å²) in [5, 5.41) is 3.87. The first-order valence-corrected chi connectivity index (χ1v) is 10.8. The average molecular weight is 424 g/mol. The number of aryl methyl sites for hydroxylation is 1. The summed E-state index contributed by atoms with van der Waals surface area (Å²) in [5.41, 5.74) is 2.13. The van der Waals surface area contributed by atoms with Gasteiger partial charge in [-0.1, -0.05) is 54.1 Å². The molecule has 0 radical (unpaired) electrons. The van der Waals surface area contributed by atoms with Gasteiger partial charge in [0.2, 0.25) is 5.91 Å². The van der Waals surface area contributed by atoms with Gasteiger partial charge in [-0.2, -0.15) is 0 Å². The smallest absolute Gasteiger partial charge is 0.220 e. The van der Waals surface area contributed by atoms with E-state index in [1.54, 1.807) is 0 Å². The molecule has 4 rings (SSSR count). The Kier molecular flexibility index (Phi) is 6.56. The molecular formula is C25H26ClNO3. The molecule has 1 fully saturated rings. The van der Waals surface area contributed by atoms with E-state index in [4.69, 9.17) is 20.8 Å². The van der Waals surface area contributed by atoms with E-state index in [1.165, 1.54) is 5.56 Å². The van der Waals surface area contributed by atoms with E-state index in [9.17, 15) is 4.79 Å². The molecule has 0 spiro atoms. The van der Waals surface area contributed by atoms with E-state index in [0.717, 1.165) is 34.9 Å². The SMILES string of the molecule is O=C(CCc1ccc(-c2ccccc2)o1)NCC1(c2ccc(Cl)cc2)CCOCC1. The zero-order chi connectivity index (χ0) is 20.8. The third kappa shape index (κ3) is 4.94. The molecule has 1 saturated heterocycles. The van der Waals surface area contributed by atoms with E-state index < -0.39 is 0 Å². The Morgan fingerprint density at radius 1 is 0.967 bits per heavy atom.